The molecule has 0 radical (unpaired) electrons. The van der Waals surface area contributed by atoms with Crippen LogP contribution in [0.25, 0.3) is 11.3 Å². The van der Waals surface area contributed by atoms with Gasteiger partial charge in [0.1, 0.15) is 17.6 Å². The van der Waals surface area contributed by atoms with Crippen LogP contribution in [0.4, 0.5) is 15.9 Å². The maximum atomic E-state index is 13.2. The van der Waals surface area contributed by atoms with Gasteiger partial charge in [0, 0.05) is 18.3 Å². The number of amides is 1. The van der Waals surface area contributed by atoms with Crippen LogP contribution in [-0.2, 0) is 11.2 Å². The van der Waals surface area contributed by atoms with E-state index in [0.29, 0.717) is 22.5 Å². The van der Waals surface area contributed by atoms with Crippen molar-refractivity contribution in [2.24, 2.45) is 0 Å². The fourth-order valence-electron chi connectivity index (χ4n) is 3.44. The van der Waals surface area contributed by atoms with Crippen LogP contribution in [0.1, 0.15) is 22.9 Å². The van der Waals surface area contributed by atoms with Gasteiger partial charge in [0.05, 0.1) is 18.3 Å². The van der Waals surface area contributed by atoms with Gasteiger partial charge in [-0.3, -0.25) is 9.69 Å². The molecule has 33 heavy (non-hydrogen) atoms. The molecule has 0 aliphatic carbocycles. The Bertz CT molecular complexity index is 1250. The summed E-state index contributed by atoms with van der Waals surface area (Å²) in [6.07, 6.45) is 0.520. The molecular weight excluding hydrogens is 419 g/mol. The number of nitrogens with zero attached hydrogens (tertiary/aromatic N) is 3. The average Bonchev–Trinajstić information content (AvgIpc) is 2.85. The number of aromatic nitrogens is 2. The summed E-state index contributed by atoms with van der Waals surface area (Å²) in [5.74, 6) is -0.382. The lowest BCUT2D eigenvalue weighted by Crippen LogP contribution is -2.30. The van der Waals surface area contributed by atoms with Gasteiger partial charge in [0.2, 0.25) is 5.91 Å². The van der Waals surface area contributed by atoms with E-state index in [1.807, 2.05) is 30.3 Å². The molecule has 0 saturated carbocycles. The van der Waals surface area contributed by atoms with Gasteiger partial charge < -0.3 is 10.8 Å². The standard InChI is InChI=1S/C26H23FN4O2/c1-31(23(32)15-17-7-11-20(27)12-8-17)26-24(25(33)19-5-3-2-4-6-19)30-22(16-29-26)18-9-13-21(28)14-10-18/h2-14,16,25,33H,15,28H2,1H3. The van der Waals surface area contributed by atoms with Gasteiger partial charge in [-0.25, -0.2) is 14.4 Å². The van der Waals surface area contributed by atoms with Crippen LogP contribution in [0.15, 0.2) is 85.1 Å². The zero-order valence-corrected chi connectivity index (χ0v) is 18.0. The largest absolute Gasteiger partial charge is 0.399 e. The predicted octanol–water partition coefficient (Wildman–Crippen LogP) is 4.15. The van der Waals surface area contributed by atoms with E-state index < -0.39 is 6.10 Å². The Morgan fingerprint density at radius 2 is 1.70 bits per heavy atom. The molecule has 1 aromatic heterocycles. The van der Waals surface area contributed by atoms with Crippen molar-refractivity contribution in [3.05, 3.63) is 108 Å². The minimum absolute atomic E-state index is 0.0546. The smallest absolute Gasteiger partial charge is 0.232 e. The van der Waals surface area contributed by atoms with Crippen molar-refractivity contribution in [2.75, 3.05) is 17.7 Å². The molecule has 0 saturated heterocycles. The Labute approximate surface area is 191 Å². The van der Waals surface area contributed by atoms with Crippen molar-refractivity contribution < 1.29 is 14.3 Å². The van der Waals surface area contributed by atoms with Crippen LogP contribution in [-0.4, -0.2) is 28.0 Å². The molecule has 3 N–H and O–H groups in total. The lowest BCUT2D eigenvalue weighted by atomic mass is 10.0. The minimum Gasteiger partial charge on any atom is -0.399 e. The van der Waals surface area contributed by atoms with Crippen molar-refractivity contribution in [3.8, 4) is 11.3 Å². The second-order valence-corrected chi connectivity index (χ2v) is 7.66. The number of carbonyl (C=O) groups is 1. The van der Waals surface area contributed by atoms with Gasteiger partial charge in [0.25, 0.3) is 0 Å². The SMILES string of the molecule is CN(C(=O)Cc1ccc(F)cc1)c1ncc(-c2ccc(N)cc2)nc1C(O)c1ccccc1. The number of halogens is 1. The molecule has 166 valence electrons. The van der Waals surface area contributed by atoms with E-state index >= 15 is 0 Å². The highest BCUT2D eigenvalue weighted by Crippen LogP contribution is 2.30. The van der Waals surface area contributed by atoms with Gasteiger partial charge in [-0.15, -0.1) is 0 Å². The van der Waals surface area contributed by atoms with E-state index in [9.17, 15) is 14.3 Å². The molecule has 4 rings (SSSR count). The number of aliphatic hydroxyl groups excluding tert-OH is 1. The first kappa shape index (κ1) is 22.1. The molecular formula is C26H23FN4O2. The summed E-state index contributed by atoms with van der Waals surface area (Å²) < 4.78 is 13.2. The molecule has 0 spiro atoms. The van der Waals surface area contributed by atoms with Crippen molar-refractivity contribution >= 4 is 17.4 Å². The Morgan fingerprint density at radius 1 is 1.03 bits per heavy atom. The summed E-state index contributed by atoms with van der Waals surface area (Å²) in [5.41, 5.74) is 9.29. The lowest BCUT2D eigenvalue weighted by molar-refractivity contribution is -0.117. The minimum atomic E-state index is -1.09. The Morgan fingerprint density at radius 3 is 2.36 bits per heavy atom. The molecule has 1 heterocycles. The van der Waals surface area contributed by atoms with Crippen LogP contribution in [0.2, 0.25) is 0 Å². The van der Waals surface area contributed by atoms with Gasteiger partial charge in [-0.2, -0.15) is 0 Å². The number of nitrogen functional groups attached to an aromatic ring is 1. The molecule has 6 nitrogen and oxygen atoms in total. The van der Waals surface area contributed by atoms with Gasteiger partial charge in [0.15, 0.2) is 5.82 Å². The van der Waals surface area contributed by atoms with Crippen LogP contribution in [0.5, 0.6) is 0 Å². The first-order valence-corrected chi connectivity index (χ1v) is 10.4. The van der Waals surface area contributed by atoms with E-state index in [1.54, 1.807) is 49.6 Å². The Balaban J connectivity index is 1.71. The highest BCUT2D eigenvalue weighted by molar-refractivity contribution is 5.94. The molecule has 3 aromatic carbocycles. The average molecular weight is 442 g/mol. The fourth-order valence-corrected chi connectivity index (χ4v) is 3.44. The highest BCUT2D eigenvalue weighted by atomic mass is 19.1. The topological polar surface area (TPSA) is 92.3 Å². The molecule has 0 aliphatic rings. The summed E-state index contributed by atoms with van der Waals surface area (Å²) >= 11 is 0. The third kappa shape index (κ3) is 5.05. The lowest BCUT2D eigenvalue weighted by Gasteiger charge is -2.22. The zero-order chi connectivity index (χ0) is 23.4. The predicted molar refractivity (Wildman–Crippen MR) is 126 cm³/mol. The maximum Gasteiger partial charge on any atom is 0.232 e. The molecule has 4 aromatic rings. The normalized spacial score (nSPS) is 11.7. The number of hydrogen-bond acceptors (Lipinski definition) is 5. The fraction of sp³-hybridized carbons (Fsp3) is 0.115. The molecule has 1 amide bonds. The molecule has 1 unspecified atom stereocenters. The summed E-state index contributed by atoms with van der Waals surface area (Å²) in [4.78, 5) is 23.5. The summed E-state index contributed by atoms with van der Waals surface area (Å²) in [7, 11) is 1.58. The number of aliphatic hydroxyl groups is 1. The third-order valence-electron chi connectivity index (χ3n) is 5.32. The molecule has 0 bridgehead atoms. The summed E-state index contributed by atoms with van der Waals surface area (Å²) in [5, 5.41) is 11.1. The number of anilines is 2. The van der Waals surface area contributed by atoms with Crippen molar-refractivity contribution in [3.63, 3.8) is 0 Å². The summed E-state index contributed by atoms with van der Waals surface area (Å²) in [6, 6.07) is 22.0. The Hall–Kier alpha value is -4.10. The zero-order valence-electron chi connectivity index (χ0n) is 18.0. The number of nitrogens with two attached hydrogens (primary N) is 1. The third-order valence-corrected chi connectivity index (χ3v) is 5.32. The van der Waals surface area contributed by atoms with Crippen molar-refractivity contribution in [2.45, 2.75) is 12.5 Å². The maximum absolute atomic E-state index is 13.2. The molecule has 0 fully saturated rings. The van der Waals surface area contributed by atoms with E-state index in [1.165, 1.54) is 17.0 Å². The second kappa shape index (κ2) is 9.58. The molecule has 1 atom stereocenters. The van der Waals surface area contributed by atoms with Gasteiger partial charge in [-0.05, 0) is 35.4 Å². The Kier molecular flexibility index (Phi) is 6.42. The number of rotatable bonds is 6. The number of likely N-dealkylation sites (N-methyl/N-ethyl adjacent to an activating group) is 1. The van der Waals surface area contributed by atoms with Crippen molar-refractivity contribution in [1.29, 1.82) is 0 Å². The number of carbonyl (C=O) groups excluding carboxylic acids is 1. The van der Waals surface area contributed by atoms with E-state index in [0.717, 1.165) is 5.56 Å². The molecule has 0 aliphatic heterocycles. The number of benzene rings is 3. The molecule has 7 heteroatoms. The monoisotopic (exact) mass is 442 g/mol. The first-order valence-electron chi connectivity index (χ1n) is 10.4. The van der Waals surface area contributed by atoms with Gasteiger partial charge >= 0.3 is 0 Å². The quantitative estimate of drug-likeness (QED) is 0.438. The van der Waals surface area contributed by atoms with Crippen LogP contribution < -0.4 is 10.6 Å². The van der Waals surface area contributed by atoms with E-state index in [-0.39, 0.29) is 29.7 Å². The summed E-state index contributed by atoms with van der Waals surface area (Å²) in [6.45, 7) is 0. The second-order valence-electron chi connectivity index (χ2n) is 7.66. The van der Waals surface area contributed by atoms with E-state index in [4.69, 9.17) is 5.73 Å². The highest BCUT2D eigenvalue weighted by Gasteiger charge is 2.24. The van der Waals surface area contributed by atoms with E-state index in [2.05, 4.69) is 9.97 Å². The number of hydrogen-bond donors (Lipinski definition) is 2. The van der Waals surface area contributed by atoms with Gasteiger partial charge in [-0.1, -0.05) is 54.6 Å². The van der Waals surface area contributed by atoms with Crippen LogP contribution in [0, 0.1) is 5.82 Å². The van der Waals surface area contributed by atoms with Crippen LogP contribution >= 0.6 is 0 Å². The first-order chi connectivity index (χ1) is 15.9. The van der Waals surface area contributed by atoms with Crippen molar-refractivity contribution in [1.82, 2.24) is 9.97 Å². The van der Waals surface area contributed by atoms with Crippen LogP contribution in [0.3, 0.4) is 0 Å².